The van der Waals surface area contributed by atoms with Gasteiger partial charge in [0.1, 0.15) is 29.2 Å². The van der Waals surface area contributed by atoms with E-state index in [-0.39, 0.29) is 56.0 Å². The highest BCUT2D eigenvalue weighted by Crippen LogP contribution is 2.39. The van der Waals surface area contributed by atoms with Crippen LogP contribution in [0.5, 0.6) is 5.75 Å². The molecule has 0 unspecified atom stereocenters. The Balaban J connectivity index is 1.35. The van der Waals surface area contributed by atoms with Crippen LogP contribution in [0.25, 0.3) is 0 Å². The molecule has 3 amide bonds. The summed E-state index contributed by atoms with van der Waals surface area (Å²) in [7, 11) is 1.53. The smallest absolute Gasteiger partial charge is 0.256 e. The van der Waals surface area contributed by atoms with Crippen LogP contribution in [0, 0.1) is 11.6 Å². The fraction of sp³-hybridized carbons (Fsp3) is 0.464. The summed E-state index contributed by atoms with van der Waals surface area (Å²) in [6.07, 6.45) is 2.18. The molecule has 1 N–H and O–H groups in total. The zero-order chi connectivity index (χ0) is 27.6. The molecule has 3 saturated heterocycles. The highest BCUT2D eigenvalue weighted by atomic mass is 19.1. The van der Waals surface area contributed by atoms with Crippen LogP contribution in [0.4, 0.5) is 8.78 Å². The minimum Gasteiger partial charge on any atom is -0.497 e. The zero-order valence-corrected chi connectivity index (χ0v) is 21.7. The van der Waals surface area contributed by atoms with Crippen molar-refractivity contribution in [2.45, 2.75) is 43.6 Å². The van der Waals surface area contributed by atoms with Crippen molar-refractivity contribution in [3.63, 3.8) is 0 Å². The number of carbonyl (C=O) groups is 3. The van der Waals surface area contributed by atoms with E-state index in [1.807, 2.05) is 0 Å². The summed E-state index contributed by atoms with van der Waals surface area (Å²) >= 11 is 0. The van der Waals surface area contributed by atoms with Gasteiger partial charge >= 0.3 is 0 Å². The average molecular weight is 544 g/mol. The van der Waals surface area contributed by atoms with Crippen LogP contribution in [0.15, 0.2) is 42.5 Å². The summed E-state index contributed by atoms with van der Waals surface area (Å²) in [6, 6.07) is 8.55. The third-order valence-electron chi connectivity index (χ3n) is 7.64. The Kier molecular flexibility index (Phi) is 7.81. The van der Waals surface area contributed by atoms with Gasteiger partial charge in [0.2, 0.25) is 5.91 Å². The van der Waals surface area contributed by atoms with E-state index >= 15 is 0 Å². The van der Waals surface area contributed by atoms with Crippen LogP contribution in [0.3, 0.4) is 0 Å². The number of halogens is 2. The van der Waals surface area contributed by atoms with E-state index in [1.165, 1.54) is 16.9 Å². The lowest BCUT2D eigenvalue weighted by Gasteiger charge is -2.44. The predicted molar refractivity (Wildman–Crippen MR) is 135 cm³/mol. The van der Waals surface area contributed by atoms with Gasteiger partial charge in [-0.1, -0.05) is 0 Å². The number of nitrogens with one attached hydrogen (secondary N) is 1. The number of benzene rings is 2. The third-order valence-corrected chi connectivity index (χ3v) is 7.64. The molecule has 1 spiro atoms. The van der Waals surface area contributed by atoms with Crippen molar-refractivity contribution in [3.8, 4) is 5.75 Å². The Hall–Kier alpha value is -3.57. The number of hydrogen-bond acceptors (Lipinski definition) is 6. The SMILES string of the molecule is COc1ccc(C(=O)N2[C@H](C(=O)NC[C@H]3CCCO3)COC23CCN(C(=O)c2ccc(F)cc2F)CC3)cc1. The molecule has 11 heteroatoms. The molecule has 0 saturated carbocycles. The predicted octanol–water partition coefficient (Wildman–Crippen LogP) is 2.74. The van der Waals surface area contributed by atoms with E-state index in [0.29, 0.717) is 30.5 Å². The van der Waals surface area contributed by atoms with E-state index < -0.39 is 29.3 Å². The summed E-state index contributed by atoms with van der Waals surface area (Å²) in [4.78, 5) is 43.0. The van der Waals surface area contributed by atoms with E-state index in [4.69, 9.17) is 14.2 Å². The largest absolute Gasteiger partial charge is 0.497 e. The lowest BCUT2D eigenvalue weighted by Crippen LogP contribution is -2.60. The van der Waals surface area contributed by atoms with Crippen molar-refractivity contribution < 1.29 is 37.4 Å². The summed E-state index contributed by atoms with van der Waals surface area (Å²) in [5.41, 5.74) is -0.984. The number of ether oxygens (including phenoxy) is 3. The molecule has 0 aliphatic carbocycles. The average Bonchev–Trinajstić information content (AvgIpc) is 3.60. The van der Waals surface area contributed by atoms with Gasteiger partial charge in [0.15, 0.2) is 0 Å². The van der Waals surface area contributed by atoms with Crippen molar-refractivity contribution >= 4 is 17.7 Å². The number of hydrogen-bond donors (Lipinski definition) is 1. The molecule has 3 aliphatic rings. The van der Waals surface area contributed by atoms with Gasteiger partial charge in [-0.2, -0.15) is 0 Å². The second-order valence-corrected chi connectivity index (χ2v) is 9.97. The molecule has 5 rings (SSSR count). The summed E-state index contributed by atoms with van der Waals surface area (Å²) in [5, 5.41) is 2.91. The van der Waals surface area contributed by atoms with Gasteiger partial charge in [-0.3, -0.25) is 19.3 Å². The normalized spacial score (nSPS) is 22.2. The van der Waals surface area contributed by atoms with Gasteiger partial charge in [0.25, 0.3) is 11.8 Å². The molecule has 2 atom stereocenters. The number of nitrogens with zero attached hydrogens (tertiary/aromatic N) is 2. The van der Waals surface area contributed by atoms with Crippen molar-refractivity contribution in [2.24, 2.45) is 0 Å². The Morgan fingerprint density at radius 2 is 1.82 bits per heavy atom. The second-order valence-electron chi connectivity index (χ2n) is 9.97. The summed E-state index contributed by atoms with van der Waals surface area (Å²) in [5.74, 6) is -2.40. The van der Waals surface area contributed by atoms with E-state index in [9.17, 15) is 23.2 Å². The lowest BCUT2D eigenvalue weighted by molar-refractivity contribution is -0.128. The highest BCUT2D eigenvalue weighted by Gasteiger charge is 2.54. The molecule has 0 bridgehead atoms. The summed E-state index contributed by atoms with van der Waals surface area (Å²) < 4.78 is 44.6. The maximum Gasteiger partial charge on any atom is 0.256 e. The van der Waals surface area contributed by atoms with Crippen molar-refractivity contribution in [1.29, 1.82) is 0 Å². The number of likely N-dealkylation sites (tertiary alicyclic amines) is 1. The molecule has 208 valence electrons. The fourth-order valence-electron chi connectivity index (χ4n) is 5.47. The van der Waals surface area contributed by atoms with Gasteiger partial charge in [-0.05, 0) is 49.2 Å². The number of amides is 3. The third kappa shape index (κ3) is 5.46. The molecule has 9 nitrogen and oxygen atoms in total. The van der Waals surface area contributed by atoms with Gasteiger partial charge in [0, 0.05) is 50.7 Å². The van der Waals surface area contributed by atoms with Crippen LogP contribution >= 0.6 is 0 Å². The Labute approximate surface area is 225 Å². The van der Waals surface area contributed by atoms with Gasteiger partial charge in [-0.15, -0.1) is 0 Å². The van der Waals surface area contributed by atoms with Crippen LogP contribution in [-0.4, -0.2) is 85.3 Å². The van der Waals surface area contributed by atoms with Crippen LogP contribution in [-0.2, 0) is 14.3 Å². The number of rotatable bonds is 6. The van der Waals surface area contributed by atoms with Gasteiger partial charge in [0.05, 0.1) is 25.4 Å². The highest BCUT2D eigenvalue weighted by molar-refractivity contribution is 5.99. The molecule has 39 heavy (non-hydrogen) atoms. The Morgan fingerprint density at radius 1 is 1.08 bits per heavy atom. The number of piperidine rings is 1. The van der Waals surface area contributed by atoms with Crippen LogP contribution in [0.2, 0.25) is 0 Å². The first-order chi connectivity index (χ1) is 18.8. The zero-order valence-electron chi connectivity index (χ0n) is 21.7. The summed E-state index contributed by atoms with van der Waals surface area (Å²) in [6.45, 7) is 1.33. The molecular formula is C28H31F2N3O6. The lowest BCUT2D eigenvalue weighted by atomic mass is 9.96. The molecule has 3 heterocycles. The molecule has 0 aromatic heterocycles. The van der Waals surface area contributed by atoms with Gasteiger partial charge in [-0.25, -0.2) is 8.78 Å². The fourth-order valence-corrected chi connectivity index (χ4v) is 5.47. The Morgan fingerprint density at radius 3 is 2.46 bits per heavy atom. The molecule has 0 radical (unpaired) electrons. The monoisotopic (exact) mass is 543 g/mol. The topological polar surface area (TPSA) is 97.4 Å². The Bertz CT molecular complexity index is 1230. The first kappa shape index (κ1) is 27.0. The number of methoxy groups -OCH3 is 1. The molecule has 3 aliphatic heterocycles. The van der Waals surface area contributed by atoms with Crippen LogP contribution in [0.1, 0.15) is 46.4 Å². The van der Waals surface area contributed by atoms with Crippen molar-refractivity contribution in [2.75, 3.05) is 40.0 Å². The standard InChI is InChI=1S/C28H31F2N3O6/c1-37-20-7-4-18(5-8-20)26(35)33-24(25(34)31-16-21-3-2-14-38-21)17-39-28(33)10-12-32(13-11-28)27(36)22-9-6-19(29)15-23(22)30/h4-9,15,21,24H,2-3,10-14,16-17H2,1H3,(H,31,34)/t21-,24+/m1/s1. The first-order valence-corrected chi connectivity index (χ1v) is 13.1. The minimum atomic E-state index is -1.12. The maximum absolute atomic E-state index is 14.3. The number of carbonyl (C=O) groups excluding carboxylic acids is 3. The minimum absolute atomic E-state index is 0.000210. The van der Waals surface area contributed by atoms with Gasteiger partial charge < -0.3 is 24.4 Å². The van der Waals surface area contributed by atoms with E-state index in [1.54, 1.807) is 24.3 Å². The molecular weight excluding hydrogens is 512 g/mol. The van der Waals surface area contributed by atoms with E-state index in [2.05, 4.69) is 5.32 Å². The van der Waals surface area contributed by atoms with Crippen LogP contribution < -0.4 is 10.1 Å². The second kappa shape index (κ2) is 11.3. The maximum atomic E-state index is 14.3. The van der Waals surface area contributed by atoms with Crippen molar-refractivity contribution in [3.05, 3.63) is 65.2 Å². The molecule has 2 aromatic rings. The van der Waals surface area contributed by atoms with E-state index in [0.717, 1.165) is 25.0 Å². The van der Waals surface area contributed by atoms with Crippen molar-refractivity contribution in [1.82, 2.24) is 15.1 Å². The first-order valence-electron chi connectivity index (χ1n) is 13.1. The molecule has 3 fully saturated rings. The molecule has 2 aromatic carbocycles. The quantitative estimate of drug-likeness (QED) is 0.602.